The van der Waals surface area contributed by atoms with Crippen LogP contribution in [0, 0.1) is 11.8 Å². The summed E-state index contributed by atoms with van der Waals surface area (Å²) in [6.45, 7) is 9.14. The summed E-state index contributed by atoms with van der Waals surface area (Å²) >= 11 is 0. The molecule has 0 aromatic heterocycles. The van der Waals surface area contributed by atoms with Crippen LogP contribution in [0.2, 0.25) is 0 Å². The number of carbonyl (C=O) groups excluding carboxylic acids is 1. The van der Waals surface area contributed by atoms with Gasteiger partial charge in [0.1, 0.15) is 0 Å². The van der Waals surface area contributed by atoms with E-state index in [1.807, 2.05) is 32.7 Å². The van der Waals surface area contributed by atoms with Crippen LogP contribution in [0.3, 0.4) is 0 Å². The van der Waals surface area contributed by atoms with E-state index in [-0.39, 0.29) is 17.5 Å². The van der Waals surface area contributed by atoms with Crippen LogP contribution in [0.15, 0.2) is 0 Å². The largest absolute Gasteiger partial charge is 0.354 e. The molecule has 0 radical (unpaired) electrons. The van der Waals surface area contributed by atoms with Crippen LogP contribution in [0.25, 0.3) is 0 Å². The number of amides is 1. The number of nitrogens with zero attached hydrogens (tertiary/aromatic N) is 1. The predicted octanol–water partition coefficient (Wildman–Crippen LogP) is -0.559. The lowest BCUT2D eigenvalue weighted by Crippen LogP contribution is -2.60. The lowest BCUT2D eigenvalue weighted by molar-refractivity contribution is -0.127. The number of nitrogens with one attached hydrogen (secondary N) is 2. The Morgan fingerprint density at radius 3 is 2.71 bits per heavy atom. The highest BCUT2D eigenvalue weighted by atomic mass is 16.2. The highest BCUT2D eigenvalue weighted by Crippen LogP contribution is 2.15. The number of nitrogens with two attached hydrogens (primary N) is 1. The van der Waals surface area contributed by atoms with Crippen molar-refractivity contribution in [3.8, 4) is 11.8 Å². The summed E-state index contributed by atoms with van der Waals surface area (Å²) in [6.07, 6.45) is 0. The molecule has 0 aromatic rings. The van der Waals surface area contributed by atoms with Gasteiger partial charge in [-0.25, -0.2) is 5.01 Å². The summed E-state index contributed by atoms with van der Waals surface area (Å²) in [5.74, 6) is 5.76. The van der Waals surface area contributed by atoms with Crippen molar-refractivity contribution in [3.05, 3.63) is 0 Å². The van der Waals surface area contributed by atoms with Gasteiger partial charge >= 0.3 is 0 Å². The summed E-state index contributed by atoms with van der Waals surface area (Å²) in [5.41, 5.74) is 8.77. The quantitative estimate of drug-likeness (QED) is 0.564. The Labute approximate surface area is 103 Å². The number of likely N-dealkylation sites (N-methyl/N-ethyl adjacent to an activating group) is 1. The first-order valence-corrected chi connectivity index (χ1v) is 5.93. The number of hydrogen-bond acceptors (Lipinski definition) is 4. The molecule has 5 heteroatoms. The van der Waals surface area contributed by atoms with Gasteiger partial charge < -0.3 is 11.1 Å². The normalized spacial score (nSPS) is 25.7. The first-order valence-electron chi connectivity index (χ1n) is 5.93. The van der Waals surface area contributed by atoms with Crippen molar-refractivity contribution in [2.24, 2.45) is 5.73 Å². The Balaban J connectivity index is 2.94. The van der Waals surface area contributed by atoms with Gasteiger partial charge in [-0.2, -0.15) is 0 Å². The number of hydrazine groups is 1. The van der Waals surface area contributed by atoms with Crippen LogP contribution in [0.4, 0.5) is 0 Å². The number of carbonyl (C=O) groups is 1. The van der Waals surface area contributed by atoms with Gasteiger partial charge in [0.2, 0.25) is 0 Å². The second-order valence-electron chi connectivity index (χ2n) is 5.10. The van der Waals surface area contributed by atoms with Crippen molar-refractivity contribution in [1.82, 2.24) is 15.8 Å². The zero-order valence-electron chi connectivity index (χ0n) is 11.0. The van der Waals surface area contributed by atoms with Gasteiger partial charge in [-0.15, -0.1) is 0 Å². The molecule has 4 N–H and O–H groups in total. The minimum atomic E-state index is -0.497. The van der Waals surface area contributed by atoms with E-state index in [9.17, 15) is 4.79 Å². The number of rotatable bonds is 2. The lowest BCUT2D eigenvalue weighted by atomic mass is 10.1. The fourth-order valence-corrected chi connectivity index (χ4v) is 1.67. The van der Waals surface area contributed by atoms with Crippen molar-refractivity contribution < 1.29 is 4.79 Å². The summed E-state index contributed by atoms with van der Waals surface area (Å²) in [4.78, 5) is 12.0. The van der Waals surface area contributed by atoms with Crippen LogP contribution < -0.4 is 16.5 Å². The van der Waals surface area contributed by atoms with Crippen molar-refractivity contribution >= 4 is 5.91 Å². The van der Waals surface area contributed by atoms with Crippen LogP contribution >= 0.6 is 0 Å². The van der Waals surface area contributed by atoms with E-state index in [0.29, 0.717) is 13.1 Å². The van der Waals surface area contributed by atoms with Gasteiger partial charge in [0.15, 0.2) is 6.04 Å². The van der Waals surface area contributed by atoms with Gasteiger partial charge in [-0.05, 0) is 27.7 Å². The zero-order chi connectivity index (χ0) is 13.1. The second kappa shape index (κ2) is 5.50. The van der Waals surface area contributed by atoms with Crippen LogP contribution in [-0.2, 0) is 4.79 Å². The van der Waals surface area contributed by atoms with E-state index < -0.39 is 6.04 Å². The van der Waals surface area contributed by atoms with Crippen LogP contribution in [-0.4, -0.2) is 41.6 Å². The molecule has 5 nitrogen and oxygen atoms in total. The summed E-state index contributed by atoms with van der Waals surface area (Å²) < 4.78 is 0. The molecule has 2 unspecified atom stereocenters. The zero-order valence-corrected chi connectivity index (χ0v) is 11.0. The van der Waals surface area contributed by atoms with Gasteiger partial charge in [0.25, 0.3) is 5.91 Å². The number of hydrogen-bond donors (Lipinski definition) is 3. The minimum Gasteiger partial charge on any atom is -0.354 e. The van der Waals surface area contributed by atoms with E-state index in [1.165, 1.54) is 0 Å². The molecule has 0 saturated heterocycles. The Morgan fingerprint density at radius 1 is 1.53 bits per heavy atom. The van der Waals surface area contributed by atoms with Crippen molar-refractivity contribution in [3.63, 3.8) is 0 Å². The van der Waals surface area contributed by atoms with Crippen molar-refractivity contribution in [1.29, 1.82) is 0 Å². The summed E-state index contributed by atoms with van der Waals surface area (Å²) in [5, 5.41) is 4.67. The molecule has 1 heterocycles. The molecule has 96 valence electrons. The molecule has 1 aliphatic rings. The maximum atomic E-state index is 12.0. The highest BCUT2D eigenvalue weighted by molar-refractivity contribution is 5.85. The predicted molar refractivity (Wildman–Crippen MR) is 67.8 cm³/mol. The Hall–Kier alpha value is -1.09. The monoisotopic (exact) mass is 238 g/mol. The SMILES string of the molecule is CCNC(=O)C1C#CC(N)CNN1C(C)(C)C. The third kappa shape index (κ3) is 3.70. The fraction of sp³-hybridized carbons (Fsp3) is 0.750. The van der Waals surface area contributed by atoms with Gasteiger partial charge in [0, 0.05) is 18.6 Å². The highest BCUT2D eigenvalue weighted by Gasteiger charge is 2.33. The third-order valence-corrected chi connectivity index (χ3v) is 2.47. The molecule has 1 amide bonds. The van der Waals surface area contributed by atoms with Gasteiger partial charge in [-0.1, -0.05) is 11.8 Å². The van der Waals surface area contributed by atoms with Crippen molar-refractivity contribution in [2.45, 2.75) is 45.3 Å². The maximum Gasteiger partial charge on any atom is 0.251 e. The Morgan fingerprint density at radius 2 is 2.18 bits per heavy atom. The molecule has 0 bridgehead atoms. The van der Waals surface area contributed by atoms with Gasteiger partial charge in [0.05, 0.1) is 6.04 Å². The summed E-state index contributed by atoms with van der Waals surface area (Å²) in [7, 11) is 0. The van der Waals surface area contributed by atoms with E-state index in [4.69, 9.17) is 5.73 Å². The molecule has 1 aliphatic heterocycles. The molecule has 0 aliphatic carbocycles. The average Bonchev–Trinajstić information content (AvgIpc) is 2.39. The first kappa shape index (κ1) is 14.0. The summed E-state index contributed by atoms with van der Waals surface area (Å²) in [6, 6.07) is -0.734. The molecule has 1 rings (SSSR count). The Bertz CT molecular complexity index is 337. The van der Waals surface area contributed by atoms with E-state index in [1.54, 1.807) is 0 Å². The van der Waals surface area contributed by atoms with Crippen molar-refractivity contribution in [2.75, 3.05) is 13.1 Å². The van der Waals surface area contributed by atoms with Gasteiger partial charge in [-0.3, -0.25) is 10.2 Å². The molecule has 0 aromatic carbocycles. The smallest absolute Gasteiger partial charge is 0.251 e. The van der Waals surface area contributed by atoms with Crippen LogP contribution in [0.5, 0.6) is 0 Å². The standard InChI is InChI=1S/C12H22N4O/c1-5-14-11(17)10-7-6-9(13)8-15-16(10)12(2,3)4/h9-10,15H,5,8,13H2,1-4H3,(H,14,17). The first-order chi connectivity index (χ1) is 7.86. The average molecular weight is 238 g/mol. The molecule has 17 heavy (non-hydrogen) atoms. The molecule has 2 atom stereocenters. The van der Waals surface area contributed by atoms with E-state index >= 15 is 0 Å². The molecule has 0 spiro atoms. The Kier molecular flexibility index (Phi) is 4.52. The van der Waals surface area contributed by atoms with E-state index in [0.717, 1.165) is 0 Å². The maximum absolute atomic E-state index is 12.0. The lowest BCUT2D eigenvalue weighted by Gasteiger charge is -2.38. The second-order valence-corrected chi connectivity index (χ2v) is 5.10. The fourth-order valence-electron chi connectivity index (χ4n) is 1.67. The minimum absolute atomic E-state index is 0.0866. The van der Waals surface area contributed by atoms with E-state index in [2.05, 4.69) is 22.6 Å². The molecular weight excluding hydrogens is 216 g/mol. The van der Waals surface area contributed by atoms with Crippen LogP contribution in [0.1, 0.15) is 27.7 Å². The third-order valence-electron chi connectivity index (χ3n) is 2.47. The molecule has 0 fully saturated rings. The molecule has 0 saturated carbocycles. The molecular formula is C12H22N4O. The topological polar surface area (TPSA) is 70.4 Å².